The highest BCUT2D eigenvalue weighted by Gasteiger charge is 2.13. The zero-order chi connectivity index (χ0) is 13.9. The Hall–Kier alpha value is -1.54. The molecule has 3 heteroatoms. The maximum Gasteiger partial charge on any atom is 0.219 e. The third-order valence-corrected chi connectivity index (χ3v) is 3.20. The van der Waals surface area contributed by atoms with E-state index in [2.05, 4.69) is 37.9 Å². The minimum atomic E-state index is 0.148. The van der Waals surface area contributed by atoms with E-state index in [1.807, 2.05) is 24.3 Å². The van der Waals surface area contributed by atoms with E-state index < -0.39 is 0 Å². The standard InChI is InChI=1S/C16H18ClNO/c1-16(2,3)13-4-6-14(7-5-13)19-15-10-12(11-17)8-9-18-15/h4-10H,11H2,1-3H3. The van der Waals surface area contributed by atoms with Crippen molar-refractivity contribution < 1.29 is 4.74 Å². The average Bonchev–Trinajstić information content (AvgIpc) is 2.38. The van der Waals surface area contributed by atoms with Crippen molar-refractivity contribution in [1.29, 1.82) is 0 Å². The molecule has 0 bridgehead atoms. The summed E-state index contributed by atoms with van der Waals surface area (Å²) in [7, 11) is 0. The first-order valence-corrected chi connectivity index (χ1v) is 6.82. The number of hydrogen-bond donors (Lipinski definition) is 0. The number of aromatic nitrogens is 1. The van der Waals surface area contributed by atoms with Crippen LogP contribution in [0, 0.1) is 0 Å². The highest BCUT2D eigenvalue weighted by Crippen LogP contribution is 2.26. The molecule has 0 saturated carbocycles. The van der Waals surface area contributed by atoms with Crippen molar-refractivity contribution in [2.75, 3.05) is 0 Å². The Morgan fingerprint density at radius 1 is 1.11 bits per heavy atom. The van der Waals surface area contributed by atoms with Gasteiger partial charge in [-0.25, -0.2) is 4.98 Å². The van der Waals surface area contributed by atoms with E-state index in [1.165, 1.54) is 5.56 Å². The van der Waals surface area contributed by atoms with E-state index in [0.29, 0.717) is 11.8 Å². The molecule has 0 atom stereocenters. The Labute approximate surface area is 119 Å². The highest BCUT2D eigenvalue weighted by molar-refractivity contribution is 6.17. The molecular formula is C16H18ClNO. The molecule has 0 fully saturated rings. The maximum atomic E-state index is 5.79. The Bertz CT molecular complexity index is 543. The normalized spacial score (nSPS) is 11.4. The molecule has 0 aliphatic heterocycles. The Kier molecular flexibility index (Phi) is 4.11. The summed E-state index contributed by atoms with van der Waals surface area (Å²) < 4.78 is 5.72. The molecule has 0 spiro atoms. The minimum Gasteiger partial charge on any atom is -0.439 e. The van der Waals surface area contributed by atoms with E-state index >= 15 is 0 Å². The van der Waals surface area contributed by atoms with E-state index in [9.17, 15) is 0 Å². The summed E-state index contributed by atoms with van der Waals surface area (Å²) in [6, 6.07) is 11.8. The van der Waals surface area contributed by atoms with Gasteiger partial charge in [0.15, 0.2) is 0 Å². The SMILES string of the molecule is CC(C)(C)c1ccc(Oc2cc(CCl)ccn2)cc1. The van der Waals surface area contributed by atoms with Crippen LogP contribution in [0.1, 0.15) is 31.9 Å². The van der Waals surface area contributed by atoms with Gasteiger partial charge in [0.25, 0.3) is 0 Å². The average molecular weight is 276 g/mol. The van der Waals surface area contributed by atoms with Crippen LogP contribution in [0.2, 0.25) is 0 Å². The molecule has 1 aromatic heterocycles. The summed E-state index contributed by atoms with van der Waals surface area (Å²) in [5, 5.41) is 0. The van der Waals surface area contributed by atoms with E-state index in [0.717, 1.165) is 11.3 Å². The first-order chi connectivity index (χ1) is 8.99. The van der Waals surface area contributed by atoms with Gasteiger partial charge in [0.05, 0.1) is 0 Å². The number of ether oxygens (including phenoxy) is 1. The van der Waals surface area contributed by atoms with Gasteiger partial charge in [-0.1, -0.05) is 32.9 Å². The molecule has 2 aromatic rings. The maximum absolute atomic E-state index is 5.79. The van der Waals surface area contributed by atoms with Gasteiger partial charge < -0.3 is 4.74 Å². The van der Waals surface area contributed by atoms with Crippen molar-refractivity contribution in [3.8, 4) is 11.6 Å². The van der Waals surface area contributed by atoms with Gasteiger partial charge in [-0.3, -0.25) is 0 Å². The predicted octanol–water partition coefficient (Wildman–Crippen LogP) is 4.91. The fraction of sp³-hybridized carbons (Fsp3) is 0.312. The number of nitrogens with zero attached hydrogens (tertiary/aromatic N) is 1. The summed E-state index contributed by atoms with van der Waals surface area (Å²) in [4.78, 5) is 4.17. The quantitative estimate of drug-likeness (QED) is 0.743. The van der Waals surface area contributed by atoms with Gasteiger partial charge >= 0.3 is 0 Å². The third-order valence-electron chi connectivity index (χ3n) is 2.90. The molecule has 100 valence electrons. The largest absolute Gasteiger partial charge is 0.439 e. The topological polar surface area (TPSA) is 22.1 Å². The molecule has 0 amide bonds. The molecule has 1 heterocycles. The zero-order valence-corrected chi connectivity index (χ0v) is 12.2. The van der Waals surface area contributed by atoms with Crippen LogP contribution >= 0.6 is 11.6 Å². The van der Waals surface area contributed by atoms with Crippen LogP contribution in [-0.2, 0) is 11.3 Å². The predicted molar refractivity (Wildman–Crippen MR) is 79.0 cm³/mol. The second kappa shape index (κ2) is 5.62. The summed E-state index contributed by atoms with van der Waals surface area (Å²) in [5.41, 5.74) is 2.43. The van der Waals surface area contributed by atoms with Crippen LogP contribution in [0.15, 0.2) is 42.6 Å². The summed E-state index contributed by atoms with van der Waals surface area (Å²) in [6.07, 6.45) is 1.70. The van der Waals surface area contributed by atoms with Gasteiger partial charge in [0.2, 0.25) is 5.88 Å². The molecule has 0 N–H and O–H groups in total. The van der Waals surface area contributed by atoms with Crippen LogP contribution in [0.5, 0.6) is 11.6 Å². The molecule has 0 saturated heterocycles. The lowest BCUT2D eigenvalue weighted by molar-refractivity contribution is 0.461. The van der Waals surface area contributed by atoms with Crippen LogP contribution in [0.4, 0.5) is 0 Å². The van der Waals surface area contributed by atoms with Crippen molar-refractivity contribution in [3.05, 3.63) is 53.7 Å². The van der Waals surface area contributed by atoms with Crippen molar-refractivity contribution in [2.45, 2.75) is 32.1 Å². The van der Waals surface area contributed by atoms with Crippen LogP contribution in [-0.4, -0.2) is 4.98 Å². The zero-order valence-electron chi connectivity index (χ0n) is 11.5. The Morgan fingerprint density at radius 2 is 1.79 bits per heavy atom. The summed E-state index contributed by atoms with van der Waals surface area (Å²) >= 11 is 5.79. The summed E-state index contributed by atoms with van der Waals surface area (Å²) in [6.45, 7) is 6.57. The van der Waals surface area contributed by atoms with Crippen LogP contribution in [0.3, 0.4) is 0 Å². The van der Waals surface area contributed by atoms with Crippen LogP contribution in [0.25, 0.3) is 0 Å². The Morgan fingerprint density at radius 3 is 2.37 bits per heavy atom. The molecule has 0 unspecified atom stereocenters. The lowest BCUT2D eigenvalue weighted by Gasteiger charge is -2.19. The molecule has 0 aliphatic rings. The highest BCUT2D eigenvalue weighted by atomic mass is 35.5. The molecule has 2 rings (SSSR count). The fourth-order valence-corrected chi connectivity index (χ4v) is 1.90. The number of hydrogen-bond acceptors (Lipinski definition) is 2. The van der Waals surface area contributed by atoms with Crippen molar-refractivity contribution >= 4 is 11.6 Å². The molecule has 19 heavy (non-hydrogen) atoms. The van der Waals surface area contributed by atoms with Crippen LogP contribution < -0.4 is 4.74 Å². The first-order valence-electron chi connectivity index (χ1n) is 6.28. The minimum absolute atomic E-state index is 0.148. The Balaban J connectivity index is 2.15. The van der Waals surface area contributed by atoms with Gasteiger partial charge in [0.1, 0.15) is 5.75 Å². The smallest absolute Gasteiger partial charge is 0.219 e. The van der Waals surface area contributed by atoms with Gasteiger partial charge in [-0.15, -0.1) is 11.6 Å². The van der Waals surface area contributed by atoms with E-state index in [-0.39, 0.29) is 5.41 Å². The van der Waals surface area contributed by atoms with Gasteiger partial charge in [0, 0.05) is 18.1 Å². The van der Waals surface area contributed by atoms with Gasteiger partial charge in [-0.2, -0.15) is 0 Å². The fourth-order valence-electron chi connectivity index (χ4n) is 1.73. The lowest BCUT2D eigenvalue weighted by atomic mass is 9.87. The molecule has 1 aromatic carbocycles. The number of alkyl halides is 1. The lowest BCUT2D eigenvalue weighted by Crippen LogP contribution is -2.10. The number of benzene rings is 1. The van der Waals surface area contributed by atoms with Crippen molar-refractivity contribution in [1.82, 2.24) is 4.98 Å². The molecule has 0 radical (unpaired) electrons. The third kappa shape index (κ3) is 3.71. The first kappa shape index (κ1) is 13.9. The van der Waals surface area contributed by atoms with Crippen molar-refractivity contribution in [2.24, 2.45) is 0 Å². The van der Waals surface area contributed by atoms with E-state index in [1.54, 1.807) is 6.20 Å². The van der Waals surface area contributed by atoms with Crippen molar-refractivity contribution in [3.63, 3.8) is 0 Å². The number of halogens is 1. The molecule has 2 nitrogen and oxygen atoms in total. The number of pyridine rings is 1. The summed E-state index contributed by atoms with van der Waals surface area (Å²) in [5.74, 6) is 1.82. The number of rotatable bonds is 3. The monoisotopic (exact) mass is 275 g/mol. The molecule has 0 aliphatic carbocycles. The van der Waals surface area contributed by atoms with E-state index in [4.69, 9.17) is 16.3 Å². The second-order valence-electron chi connectivity index (χ2n) is 5.51. The van der Waals surface area contributed by atoms with Gasteiger partial charge in [-0.05, 0) is 34.7 Å². The molecular weight excluding hydrogens is 258 g/mol. The second-order valence-corrected chi connectivity index (χ2v) is 5.78.